The number of nitrogens with one attached hydrogen (secondary N) is 2. The van der Waals surface area contributed by atoms with E-state index in [1.54, 1.807) is 6.92 Å². The van der Waals surface area contributed by atoms with Gasteiger partial charge in [0.25, 0.3) is 0 Å². The number of urea groups is 1. The van der Waals surface area contributed by atoms with Crippen LogP contribution in [0.2, 0.25) is 5.15 Å². The van der Waals surface area contributed by atoms with Gasteiger partial charge in [-0.25, -0.2) is 19.4 Å². The van der Waals surface area contributed by atoms with Crippen LogP contribution in [0.5, 0.6) is 0 Å². The topological polar surface area (TPSA) is 107 Å². The minimum atomic E-state index is -0.652. The van der Waals surface area contributed by atoms with Gasteiger partial charge in [-0.3, -0.25) is 0 Å². The molecular weight excluding hydrogens is 350 g/mol. The minimum absolute atomic E-state index is 0.191. The highest BCUT2D eigenvalue weighted by Gasteiger charge is 2.32. The van der Waals surface area contributed by atoms with Crippen LogP contribution in [-0.4, -0.2) is 42.2 Å². The van der Waals surface area contributed by atoms with E-state index in [9.17, 15) is 14.4 Å². The number of rotatable bonds is 6. The average molecular weight is 368 g/mol. The first-order valence-electron chi connectivity index (χ1n) is 7.72. The maximum Gasteiger partial charge on any atom is 0.340 e. The van der Waals surface area contributed by atoms with Crippen LogP contribution in [0.25, 0.3) is 0 Å². The van der Waals surface area contributed by atoms with E-state index in [1.165, 1.54) is 18.3 Å². The average Bonchev–Trinajstić information content (AvgIpc) is 2.59. The first-order chi connectivity index (χ1) is 12.0. The summed E-state index contributed by atoms with van der Waals surface area (Å²) in [6, 6.07) is 1.94. The molecule has 0 unspecified atom stereocenters. The molecule has 2 rings (SSSR count). The molecule has 0 saturated heterocycles. The Morgan fingerprint density at radius 1 is 1.24 bits per heavy atom. The summed E-state index contributed by atoms with van der Waals surface area (Å²) < 4.78 is 10.2. The molecule has 0 saturated carbocycles. The van der Waals surface area contributed by atoms with Crippen LogP contribution in [0, 0.1) is 0 Å². The highest BCUT2D eigenvalue weighted by Crippen LogP contribution is 2.18. The van der Waals surface area contributed by atoms with E-state index < -0.39 is 24.0 Å². The predicted molar refractivity (Wildman–Crippen MR) is 88.9 cm³/mol. The molecule has 1 aliphatic heterocycles. The van der Waals surface area contributed by atoms with Crippen molar-refractivity contribution in [2.75, 3.05) is 13.2 Å². The molecule has 2 amide bonds. The van der Waals surface area contributed by atoms with Gasteiger partial charge in [-0.15, -0.1) is 0 Å². The fraction of sp³-hybridized carbons (Fsp3) is 0.375. The van der Waals surface area contributed by atoms with Crippen LogP contribution in [-0.2, 0) is 14.3 Å². The normalized spacial score (nSPS) is 16.8. The number of hydrogen-bond donors (Lipinski definition) is 2. The number of amides is 2. The molecule has 0 radical (unpaired) electrons. The van der Waals surface area contributed by atoms with Gasteiger partial charge in [0.05, 0.1) is 29.5 Å². The molecule has 0 aromatic carbocycles. The molecule has 0 aliphatic carbocycles. The summed E-state index contributed by atoms with van der Waals surface area (Å²) in [6.45, 7) is 3.41. The number of nitrogens with zero attached hydrogens (tertiary/aromatic N) is 1. The number of pyridine rings is 1. The van der Waals surface area contributed by atoms with E-state index in [0.717, 1.165) is 0 Å². The Kier molecular flexibility index (Phi) is 6.35. The number of halogens is 1. The van der Waals surface area contributed by atoms with E-state index in [-0.39, 0.29) is 35.2 Å². The van der Waals surface area contributed by atoms with Crippen molar-refractivity contribution in [3.63, 3.8) is 0 Å². The van der Waals surface area contributed by atoms with Crippen molar-refractivity contribution >= 4 is 29.6 Å². The van der Waals surface area contributed by atoms with E-state index in [0.29, 0.717) is 6.42 Å². The first-order valence-corrected chi connectivity index (χ1v) is 8.10. The van der Waals surface area contributed by atoms with Crippen molar-refractivity contribution in [2.45, 2.75) is 26.3 Å². The van der Waals surface area contributed by atoms with Crippen molar-refractivity contribution in [3.8, 4) is 0 Å². The number of aromatic nitrogens is 1. The molecule has 1 aromatic rings. The van der Waals surface area contributed by atoms with E-state index in [1.807, 2.05) is 6.92 Å². The van der Waals surface area contributed by atoms with Gasteiger partial charge in [0.2, 0.25) is 0 Å². The zero-order valence-corrected chi connectivity index (χ0v) is 14.6. The van der Waals surface area contributed by atoms with Crippen molar-refractivity contribution in [2.24, 2.45) is 0 Å². The van der Waals surface area contributed by atoms with Crippen LogP contribution in [0.4, 0.5) is 4.79 Å². The van der Waals surface area contributed by atoms with Gasteiger partial charge >= 0.3 is 18.0 Å². The van der Waals surface area contributed by atoms with E-state index >= 15 is 0 Å². The summed E-state index contributed by atoms with van der Waals surface area (Å²) in [5.41, 5.74) is 0.644. The van der Waals surface area contributed by atoms with Gasteiger partial charge in [0.15, 0.2) is 0 Å². The highest BCUT2D eigenvalue weighted by molar-refractivity contribution is 6.29. The zero-order valence-electron chi connectivity index (χ0n) is 13.8. The maximum absolute atomic E-state index is 12.2. The van der Waals surface area contributed by atoms with Crippen molar-refractivity contribution in [1.82, 2.24) is 15.6 Å². The quantitative estimate of drug-likeness (QED) is 0.586. The van der Waals surface area contributed by atoms with Crippen LogP contribution < -0.4 is 10.6 Å². The minimum Gasteiger partial charge on any atom is -0.463 e. The molecule has 1 atom stereocenters. The number of hydrogen-bond acceptors (Lipinski definition) is 6. The summed E-state index contributed by atoms with van der Waals surface area (Å²) >= 11 is 5.67. The molecule has 134 valence electrons. The smallest absolute Gasteiger partial charge is 0.340 e. The monoisotopic (exact) mass is 367 g/mol. The van der Waals surface area contributed by atoms with Crippen molar-refractivity contribution in [1.29, 1.82) is 0 Å². The first kappa shape index (κ1) is 18.7. The number of carbonyl (C=O) groups excluding carboxylic acids is 3. The molecule has 25 heavy (non-hydrogen) atoms. The van der Waals surface area contributed by atoms with E-state index in [4.69, 9.17) is 21.1 Å². The van der Waals surface area contributed by atoms with Crippen molar-refractivity contribution in [3.05, 3.63) is 40.3 Å². The largest absolute Gasteiger partial charge is 0.463 e. The second kappa shape index (κ2) is 8.48. The van der Waals surface area contributed by atoms with Gasteiger partial charge < -0.3 is 20.1 Å². The van der Waals surface area contributed by atoms with E-state index in [2.05, 4.69) is 15.6 Å². The summed E-state index contributed by atoms with van der Waals surface area (Å²) in [5.74, 6) is -1.22. The van der Waals surface area contributed by atoms with Crippen LogP contribution in [0.15, 0.2) is 29.6 Å². The summed E-state index contributed by atoms with van der Waals surface area (Å²) in [5, 5.41) is 5.39. The van der Waals surface area contributed by atoms with Gasteiger partial charge in [-0.1, -0.05) is 18.5 Å². The lowest BCUT2D eigenvalue weighted by Gasteiger charge is -2.28. The predicted octanol–water partition coefficient (Wildman–Crippen LogP) is 1.80. The Balaban J connectivity index is 2.19. The fourth-order valence-corrected chi connectivity index (χ4v) is 2.40. The maximum atomic E-state index is 12.2. The molecular formula is C16H18ClN3O5. The Morgan fingerprint density at radius 3 is 2.60 bits per heavy atom. The SMILES string of the molecule is CCOC(=O)C1=C(COC(=O)c2ccc(Cl)nc2)NC(=O)N[C@@H]1CC. The van der Waals surface area contributed by atoms with Gasteiger partial charge in [0.1, 0.15) is 11.8 Å². The molecule has 9 heteroatoms. The lowest BCUT2D eigenvalue weighted by atomic mass is 10.0. The number of esters is 2. The molecule has 0 spiro atoms. The van der Waals surface area contributed by atoms with Gasteiger partial charge in [0, 0.05) is 6.20 Å². The molecule has 0 fully saturated rings. The fourth-order valence-electron chi connectivity index (χ4n) is 2.29. The van der Waals surface area contributed by atoms with Crippen molar-refractivity contribution < 1.29 is 23.9 Å². The summed E-state index contributed by atoms with van der Waals surface area (Å²) in [7, 11) is 0. The third kappa shape index (κ3) is 4.69. The van der Waals surface area contributed by atoms with Crippen LogP contribution in [0.1, 0.15) is 30.6 Å². The Hall–Kier alpha value is -2.61. The van der Waals surface area contributed by atoms with Gasteiger partial charge in [-0.2, -0.15) is 0 Å². The van der Waals surface area contributed by atoms with Gasteiger partial charge in [-0.05, 0) is 25.5 Å². The lowest BCUT2D eigenvalue weighted by Crippen LogP contribution is -2.51. The second-order valence-electron chi connectivity index (χ2n) is 5.12. The molecule has 1 aliphatic rings. The summed E-state index contributed by atoms with van der Waals surface area (Å²) in [4.78, 5) is 39.8. The third-order valence-electron chi connectivity index (χ3n) is 3.46. The summed E-state index contributed by atoms with van der Waals surface area (Å²) in [6.07, 6.45) is 1.77. The Morgan fingerprint density at radius 2 is 2.00 bits per heavy atom. The molecule has 1 aromatic heterocycles. The Bertz CT molecular complexity index is 702. The highest BCUT2D eigenvalue weighted by atomic mass is 35.5. The van der Waals surface area contributed by atoms with Crippen LogP contribution >= 0.6 is 11.6 Å². The second-order valence-corrected chi connectivity index (χ2v) is 5.50. The zero-order chi connectivity index (χ0) is 18.4. The lowest BCUT2D eigenvalue weighted by molar-refractivity contribution is -0.139. The number of ether oxygens (including phenoxy) is 2. The molecule has 2 heterocycles. The third-order valence-corrected chi connectivity index (χ3v) is 3.68. The van der Waals surface area contributed by atoms with Crippen LogP contribution in [0.3, 0.4) is 0 Å². The standard InChI is InChI=1S/C16H18ClN3O5/c1-3-10-13(15(22)24-4-2)11(20-16(23)19-10)8-25-14(21)9-5-6-12(17)18-7-9/h5-7,10H,3-4,8H2,1-2H3,(H2,19,20,23)/t10-/m1/s1. The Labute approximate surface area is 149 Å². The molecule has 8 nitrogen and oxygen atoms in total. The number of carbonyl (C=O) groups is 3. The molecule has 0 bridgehead atoms. The molecule has 2 N–H and O–H groups in total.